The van der Waals surface area contributed by atoms with E-state index >= 15 is 0 Å². The number of aryl methyl sites for hydroxylation is 1. The Morgan fingerprint density at radius 3 is 2.38 bits per heavy atom. The van der Waals surface area contributed by atoms with Crippen LogP contribution in [-0.2, 0) is 0 Å². The van der Waals surface area contributed by atoms with Crippen LogP contribution in [0.3, 0.4) is 0 Å². The van der Waals surface area contributed by atoms with Crippen molar-refractivity contribution in [3.05, 3.63) is 29.3 Å². The first-order valence-corrected chi connectivity index (χ1v) is 4.23. The molecule has 0 aromatic heterocycles. The van der Waals surface area contributed by atoms with Gasteiger partial charge in [0.2, 0.25) is 0 Å². The fourth-order valence-corrected chi connectivity index (χ4v) is 1.08. The molecule has 0 atom stereocenters. The quantitative estimate of drug-likeness (QED) is 0.746. The lowest BCUT2D eigenvalue weighted by Crippen LogP contribution is -2.13. The summed E-state index contributed by atoms with van der Waals surface area (Å²) in [4.78, 5) is 0. The van der Waals surface area contributed by atoms with Gasteiger partial charge in [0.1, 0.15) is 11.5 Å². The standard InChI is InChI=1S/C10H13F2N/c1-6(2)13-10-8(11)5-4-7(3)9(10)12/h4-6,13H,1-3H3. The highest BCUT2D eigenvalue weighted by molar-refractivity contribution is 5.49. The minimum Gasteiger partial charge on any atom is -0.378 e. The van der Waals surface area contributed by atoms with Crippen LogP contribution in [0.25, 0.3) is 0 Å². The average molecular weight is 185 g/mol. The van der Waals surface area contributed by atoms with E-state index in [0.717, 1.165) is 0 Å². The number of benzene rings is 1. The molecule has 3 heteroatoms. The monoisotopic (exact) mass is 185 g/mol. The highest BCUT2D eigenvalue weighted by Gasteiger charge is 2.11. The van der Waals surface area contributed by atoms with E-state index in [-0.39, 0.29) is 11.7 Å². The van der Waals surface area contributed by atoms with Gasteiger partial charge in [-0.3, -0.25) is 0 Å². The molecule has 1 aromatic rings. The second-order valence-electron chi connectivity index (χ2n) is 3.35. The van der Waals surface area contributed by atoms with E-state index in [4.69, 9.17) is 0 Å². The van der Waals surface area contributed by atoms with E-state index in [1.165, 1.54) is 12.1 Å². The Labute approximate surface area is 76.8 Å². The maximum Gasteiger partial charge on any atom is 0.152 e. The van der Waals surface area contributed by atoms with E-state index < -0.39 is 11.6 Å². The van der Waals surface area contributed by atoms with Gasteiger partial charge in [-0.15, -0.1) is 0 Å². The van der Waals surface area contributed by atoms with Gasteiger partial charge in [-0.2, -0.15) is 0 Å². The molecule has 0 saturated carbocycles. The minimum atomic E-state index is -0.545. The molecule has 0 aliphatic rings. The summed E-state index contributed by atoms with van der Waals surface area (Å²) in [6.45, 7) is 5.28. The van der Waals surface area contributed by atoms with Crippen molar-refractivity contribution in [2.24, 2.45) is 0 Å². The van der Waals surface area contributed by atoms with Crippen molar-refractivity contribution in [1.82, 2.24) is 0 Å². The predicted octanol–water partition coefficient (Wildman–Crippen LogP) is 3.09. The number of hydrogen-bond donors (Lipinski definition) is 1. The van der Waals surface area contributed by atoms with Crippen molar-refractivity contribution in [2.45, 2.75) is 26.8 Å². The van der Waals surface area contributed by atoms with Gasteiger partial charge in [-0.05, 0) is 32.4 Å². The summed E-state index contributed by atoms with van der Waals surface area (Å²) in [7, 11) is 0. The van der Waals surface area contributed by atoms with Crippen molar-refractivity contribution >= 4 is 5.69 Å². The zero-order chi connectivity index (χ0) is 10.0. The smallest absolute Gasteiger partial charge is 0.152 e. The Bertz CT molecular complexity index is 308. The summed E-state index contributed by atoms with van der Waals surface area (Å²) in [5.41, 5.74) is 0.416. The van der Waals surface area contributed by atoms with Gasteiger partial charge in [0.15, 0.2) is 5.82 Å². The summed E-state index contributed by atoms with van der Waals surface area (Å²) in [6, 6.07) is 2.71. The lowest BCUT2D eigenvalue weighted by molar-refractivity contribution is 0.579. The van der Waals surface area contributed by atoms with Crippen molar-refractivity contribution in [3.8, 4) is 0 Å². The van der Waals surface area contributed by atoms with Crippen LogP contribution in [0, 0.1) is 18.6 Å². The predicted molar refractivity (Wildman–Crippen MR) is 49.9 cm³/mol. The van der Waals surface area contributed by atoms with E-state index in [2.05, 4.69) is 5.32 Å². The van der Waals surface area contributed by atoms with Gasteiger partial charge in [0.05, 0.1) is 0 Å². The van der Waals surface area contributed by atoms with E-state index in [1.54, 1.807) is 6.92 Å². The van der Waals surface area contributed by atoms with Crippen LogP contribution < -0.4 is 5.32 Å². The molecule has 0 spiro atoms. The number of halogens is 2. The number of rotatable bonds is 2. The Morgan fingerprint density at radius 1 is 1.23 bits per heavy atom. The summed E-state index contributed by atoms with van der Waals surface area (Å²) >= 11 is 0. The number of anilines is 1. The zero-order valence-corrected chi connectivity index (χ0v) is 7.99. The fourth-order valence-electron chi connectivity index (χ4n) is 1.08. The first kappa shape index (κ1) is 9.96. The molecular formula is C10H13F2N. The molecule has 0 bridgehead atoms. The molecule has 0 unspecified atom stereocenters. The van der Waals surface area contributed by atoms with Crippen LogP contribution in [0.5, 0.6) is 0 Å². The number of hydrogen-bond acceptors (Lipinski definition) is 1. The van der Waals surface area contributed by atoms with E-state index in [1.807, 2.05) is 13.8 Å². The normalized spacial score (nSPS) is 10.6. The second kappa shape index (κ2) is 3.73. The second-order valence-corrected chi connectivity index (χ2v) is 3.35. The van der Waals surface area contributed by atoms with Crippen LogP contribution in [0.4, 0.5) is 14.5 Å². The van der Waals surface area contributed by atoms with Gasteiger partial charge in [0, 0.05) is 6.04 Å². The van der Waals surface area contributed by atoms with Crippen LogP contribution in [0.2, 0.25) is 0 Å². The summed E-state index contributed by atoms with van der Waals surface area (Å²) < 4.78 is 26.4. The van der Waals surface area contributed by atoms with Crippen LogP contribution >= 0.6 is 0 Å². The zero-order valence-electron chi connectivity index (χ0n) is 7.99. The molecule has 72 valence electrons. The van der Waals surface area contributed by atoms with Crippen LogP contribution in [-0.4, -0.2) is 6.04 Å². The lowest BCUT2D eigenvalue weighted by atomic mass is 10.2. The molecule has 0 radical (unpaired) electrons. The van der Waals surface area contributed by atoms with E-state index in [9.17, 15) is 8.78 Å². The first-order chi connectivity index (χ1) is 6.02. The average Bonchev–Trinajstić information content (AvgIpc) is 2.05. The molecule has 1 aromatic carbocycles. The van der Waals surface area contributed by atoms with Crippen molar-refractivity contribution in [1.29, 1.82) is 0 Å². The van der Waals surface area contributed by atoms with Crippen molar-refractivity contribution in [3.63, 3.8) is 0 Å². The third-order valence-corrected chi connectivity index (χ3v) is 1.72. The third kappa shape index (κ3) is 2.17. The first-order valence-electron chi connectivity index (χ1n) is 4.23. The van der Waals surface area contributed by atoms with Gasteiger partial charge in [-0.25, -0.2) is 8.78 Å². The topological polar surface area (TPSA) is 12.0 Å². The van der Waals surface area contributed by atoms with Crippen molar-refractivity contribution in [2.75, 3.05) is 5.32 Å². The maximum absolute atomic E-state index is 13.3. The Hall–Kier alpha value is -1.12. The third-order valence-electron chi connectivity index (χ3n) is 1.72. The van der Waals surface area contributed by atoms with E-state index in [0.29, 0.717) is 5.56 Å². The molecule has 0 fully saturated rings. The lowest BCUT2D eigenvalue weighted by Gasteiger charge is -2.12. The summed E-state index contributed by atoms with van der Waals surface area (Å²) in [5, 5.41) is 2.73. The van der Waals surface area contributed by atoms with Gasteiger partial charge >= 0.3 is 0 Å². The molecule has 0 amide bonds. The highest BCUT2D eigenvalue weighted by atomic mass is 19.1. The van der Waals surface area contributed by atoms with Crippen LogP contribution in [0.1, 0.15) is 19.4 Å². The SMILES string of the molecule is Cc1ccc(F)c(NC(C)C)c1F. The largest absolute Gasteiger partial charge is 0.378 e. The summed E-state index contributed by atoms with van der Waals surface area (Å²) in [5.74, 6) is -1.05. The van der Waals surface area contributed by atoms with Crippen LogP contribution in [0.15, 0.2) is 12.1 Å². The maximum atomic E-state index is 13.3. The molecule has 1 rings (SSSR count). The molecule has 1 nitrogen and oxygen atoms in total. The molecule has 0 heterocycles. The Balaban J connectivity index is 3.10. The van der Waals surface area contributed by atoms with Gasteiger partial charge < -0.3 is 5.32 Å². The summed E-state index contributed by atoms with van der Waals surface area (Å²) in [6.07, 6.45) is 0. The Kier molecular flexibility index (Phi) is 2.86. The Morgan fingerprint density at radius 2 is 1.85 bits per heavy atom. The fraction of sp³-hybridized carbons (Fsp3) is 0.400. The van der Waals surface area contributed by atoms with Crippen molar-refractivity contribution < 1.29 is 8.78 Å². The molecule has 0 aliphatic carbocycles. The number of nitrogens with one attached hydrogen (secondary N) is 1. The van der Waals surface area contributed by atoms with Gasteiger partial charge in [-0.1, -0.05) is 6.07 Å². The molecule has 13 heavy (non-hydrogen) atoms. The molecular weight excluding hydrogens is 172 g/mol. The molecule has 0 saturated heterocycles. The molecule has 0 aliphatic heterocycles. The van der Waals surface area contributed by atoms with Gasteiger partial charge in [0.25, 0.3) is 0 Å². The minimum absolute atomic E-state index is 0.0193. The highest BCUT2D eigenvalue weighted by Crippen LogP contribution is 2.22. The molecule has 1 N–H and O–H groups in total.